The van der Waals surface area contributed by atoms with Crippen LogP contribution in [0.4, 0.5) is 5.82 Å². The van der Waals surface area contributed by atoms with Gasteiger partial charge in [0.15, 0.2) is 0 Å². The summed E-state index contributed by atoms with van der Waals surface area (Å²) in [6, 6.07) is 3.84. The number of hydrogen-bond donors (Lipinski definition) is 1. The molecule has 64 valence electrons. The first kappa shape index (κ1) is 8.71. The minimum Gasteiger partial charge on any atom is -0.313 e. The van der Waals surface area contributed by atoms with Crippen molar-refractivity contribution >= 4 is 12.2 Å². The summed E-state index contributed by atoms with van der Waals surface area (Å²) in [6.07, 6.45) is 4.47. The summed E-state index contributed by atoms with van der Waals surface area (Å²) in [5.41, 5.74) is 1.21. The van der Waals surface area contributed by atoms with Gasteiger partial charge in [0.1, 0.15) is 5.82 Å². The number of rotatable bonds is 4. The van der Waals surface area contributed by atoms with Gasteiger partial charge in [0, 0.05) is 6.20 Å². The highest BCUT2D eigenvalue weighted by Gasteiger charge is 1.94. The lowest BCUT2D eigenvalue weighted by Gasteiger charge is -2.00. The molecule has 1 amide bonds. The van der Waals surface area contributed by atoms with Crippen LogP contribution in [0.1, 0.15) is 18.9 Å². The van der Waals surface area contributed by atoms with Crippen molar-refractivity contribution in [2.75, 3.05) is 5.32 Å². The van der Waals surface area contributed by atoms with Gasteiger partial charge >= 0.3 is 0 Å². The molecule has 3 nitrogen and oxygen atoms in total. The minimum absolute atomic E-state index is 0.621. The zero-order valence-electron chi connectivity index (χ0n) is 7.08. The first-order valence-electron chi connectivity index (χ1n) is 4.02. The second-order valence-electron chi connectivity index (χ2n) is 2.56. The number of hydrogen-bond acceptors (Lipinski definition) is 2. The third-order valence-corrected chi connectivity index (χ3v) is 1.57. The predicted molar refractivity (Wildman–Crippen MR) is 47.9 cm³/mol. The van der Waals surface area contributed by atoms with Crippen LogP contribution in [0, 0.1) is 0 Å². The lowest BCUT2D eigenvalue weighted by Crippen LogP contribution is -1.97. The molecule has 0 bridgehead atoms. The highest BCUT2D eigenvalue weighted by molar-refractivity contribution is 5.68. The quantitative estimate of drug-likeness (QED) is 0.687. The Morgan fingerprint density at radius 1 is 1.67 bits per heavy atom. The summed E-state index contributed by atoms with van der Waals surface area (Å²) in [5, 5.41) is 2.51. The summed E-state index contributed by atoms with van der Waals surface area (Å²) < 4.78 is 0. The molecule has 0 atom stereocenters. The Morgan fingerprint density at radius 3 is 3.17 bits per heavy atom. The summed E-state index contributed by atoms with van der Waals surface area (Å²) in [4.78, 5) is 14.1. The summed E-state index contributed by atoms with van der Waals surface area (Å²) >= 11 is 0. The molecule has 0 aliphatic rings. The SMILES string of the molecule is CCCc1ccnc(NC=O)c1. The first-order chi connectivity index (χ1) is 5.86. The van der Waals surface area contributed by atoms with Gasteiger partial charge in [-0.05, 0) is 24.1 Å². The van der Waals surface area contributed by atoms with Crippen molar-refractivity contribution in [2.45, 2.75) is 19.8 Å². The molecule has 1 rings (SSSR count). The Bertz CT molecular complexity index is 260. The molecule has 3 heteroatoms. The van der Waals surface area contributed by atoms with E-state index >= 15 is 0 Å². The van der Waals surface area contributed by atoms with Gasteiger partial charge in [-0.1, -0.05) is 13.3 Å². The zero-order chi connectivity index (χ0) is 8.81. The van der Waals surface area contributed by atoms with E-state index < -0.39 is 0 Å². The maximum atomic E-state index is 10.1. The number of carbonyl (C=O) groups excluding carboxylic acids is 1. The maximum absolute atomic E-state index is 10.1. The molecule has 0 aliphatic carbocycles. The molecule has 0 radical (unpaired) electrons. The number of pyridine rings is 1. The lowest BCUT2D eigenvalue weighted by molar-refractivity contribution is -0.105. The Morgan fingerprint density at radius 2 is 2.50 bits per heavy atom. The fraction of sp³-hybridized carbons (Fsp3) is 0.333. The highest BCUT2D eigenvalue weighted by Crippen LogP contribution is 2.07. The van der Waals surface area contributed by atoms with Crippen molar-refractivity contribution in [3.8, 4) is 0 Å². The molecule has 1 aromatic rings. The van der Waals surface area contributed by atoms with Crippen LogP contribution in [-0.4, -0.2) is 11.4 Å². The second kappa shape index (κ2) is 4.49. The Hall–Kier alpha value is -1.38. The molecule has 0 saturated heterocycles. The van der Waals surface area contributed by atoms with E-state index in [-0.39, 0.29) is 0 Å². The number of nitrogens with zero attached hydrogens (tertiary/aromatic N) is 1. The summed E-state index contributed by atoms with van der Waals surface area (Å²) in [7, 11) is 0. The second-order valence-corrected chi connectivity index (χ2v) is 2.56. The van der Waals surface area contributed by atoms with E-state index in [4.69, 9.17) is 0 Å². The molecule has 1 aromatic heterocycles. The average molecular weight is 164 g/mol. The van der Waals surface area contributed by atoms with Gasteiger partial charge in [-0.15, -0.1) is 0 Å². The van der Waals surface area contributed by atoms with Crippen LogP contribution in [0.15, 0.2) is 18.3 Å². The van der Waals surface area contributed by atoms with Crippen LogP contribution < -0.4 is 5.32 Å². The van der Waals surface area contributed by atoms with E-state index in [2.05, 4.69) is 17.2 Å². The largest absolute Gasteiger partial charge is 0.313 e. The number of nitrogens with one attached hydrogen (secondary N) is 1. The summed E-state index contributed by atoms with van der Waals surface area (Å²) in [6.45, 7) is 2.12. The van der Waals surface area contributed by atoms with Gasteiger partial charge < -0.3 is 5.32 Å². The third kappa shape index (κ3) is 2.34. The predicted octanol–water partition coefficient (Wildman–Crippen LogP) is 1.60. The monoisotopic (exact) mass is 164 g/mol. The van der Waals surface area contributed by atoms with Gasteiger partial charge in [0.25, 0.3) is 0 Å². The van der Waals surface area contributed by atoms with Crippen LogP contribution in [0.2, 0.25) is 0 Å². The van der Waals surface area contributed by atoms with Crippen LogP contribution in [0.5, 0.6) is 0 Å². The lowest BCUT2D eigenvalue weighted by atomic mass is 10.1. The fourth-order valence-electron chi connectivity index (χ4n) is 1.06. The zero-order valence-corrected chi connectivity index (χ0v) is 7.08. The van der Waals surface area contributed by atoms with E-state index in [1.165, 1.54) is 5.56 Å². The van der Waals surface area contributed by atoms with Crippen molar-refractivity contribution in [1.82, 2.24) is 4.98 Å². The molecular formula is C9H12N2O. The Balaban J connectivity index is 2.73. The van der Waals surface area contributed by atoms with Crippen molar-refractivity contribution < 1.29 is 4.79 Å². The van der Waals surface area contributed by atoms with E-state index in [0.717, 1.165) is 12.8 Å². The van der Waals surface area contributed by atoms with Crippen molar-refractivity contribution in [2.24, 2.45) is 0 Å². The topological polar surface area (TPSA) is 42.0 Å². The van der Waals surface area contributed by atoms with E-state index in [1.54, 1.807) is 6.20 Å². The van der Waals surface area contributed by atoms with Crippen LogP contribution >= 0.6 is 0 Å². The average Bonchev–Trinajstić information content (AvgIpc) is 2.06. The molecule has 0 aromatic carbocycles. The molecular weight excluding hydrogens is 152 g/mol. The van der Waals surface area contributed by atoms with E-state index in [1.807, 2.05) is 12.1 Å². The molecule has 0 fully saturated rings. The normalized spacial score (nSPS) is 9.42. The molecule has 12 heavy (non-hydrogen) atoms. The third-order valence-electron chi connectivity index (χ3n) is 1.57. The van der Waals surface area contributed by atoms with E-state index in [0.29, 0.717) is 12.2 Å². The molecule has 0 spiro atoms. The summed E-state index contributed by atoms with van der Waals surface area (Å²) in [5.74, 6) is 0.621. The van der Waals surface area contributed by atoms with Gasteiger partial charge in [-0.2, -0.15) is 0 Å². The molecule has 0 unspecified atom stereocenters. The van der Waals surface area contributed by atoms with Crippen LogP contribution in [0.25, 0.3) is 0 Å². The first-order valence-corrected chi connectivity index (χ1v) is 4.02. The smallest absolute Gasteiger partial charge is 0.212 e. The van der Waals surface area contributed by atoms with Crippen LogP contribution in [0.3, 0.4) is 0 Å². The Labute approximate surface area is 71.8 Å². The maximum Gasteiger partial charge on any atom is 0.212 e. The van der Waals surface area contributed by atoms with Gasteiger partial charge in [0.2, 0.25) is 6.41 Å². The molecule has 0 aliphatic heterocycles. The molecule has 0 saturated carbocycles. The van der Waals surface area contributed by atoms with Crippen molar-refractivity contribution in [1.29, 1.82) is 0 Å². The fourth-order valence-corrected chi connectivity index (χ4v) is 1.06. The van der Waals surface area contributed by atoms with E-state index in [9.17, 15) is 4.79 Å². The number of amides is 1. The highest BCUT2D eigenvalue weighted by atomic mass is 16.1. The number of carbonyl (C=O) groups is 1. The van der Waals surface area contributed by atoms with Crippen molar-refractivity contribution in [3.63, 3.8) is 0 Å². The Kier molecular flexibility index (Phi) is 3.26. The standard InChI is InChI=1S/C9H12N2O/c1-2-3-8-4-5-10-9(6-8)11-7-12/h4-7H,2-3H2,1H3,(H,10,11,12). The number of aromatic nitrogens is 1. The minimum atomic E-state index is 0.621. The van der Waals surface area contributed by atoms with Gasteiger partial charge in [-0.25, -0.2) is 4.98 Å². The van der Waals surface area contributed by atoms with Gasteiger partial charge in [-0.3, -0.25) is 4.79 Å². The van der Waals surface area contributed by atoms with Crippen LogP contribution in [-0.2, 0) is 11.2 Å². The van der Waals surface area contributed by atoms with Gasteiger partial charge in [0.05, 0.1) is 0 Å². The molecule has 1 heterocycles. The molecule has 1 N–H and O–H groups in total. The van der Waals surface area contributed by atoms with Crippen molar-refractivity contribution in [3.05, 3.63) is 23.9 Å². The number of anilines is 1. The number of aryl methyl sites for hydroxylation is 1.